The molecular weight excluding hydrogens is 262 g/mol. The molecule has 0 fully saturated rings. The van der Waals surface area contributed by atoms with Crippen molar-refractivity contribution in [1.82, 2.24) is 15.1 Å². The van der Waals surface area contributed by atoms with E-state index in [1.165, 1.54) is 18.3 Å². The summed E-state index contributed by atoms with van der Waals surface area (Å²) in [4.78, 5) is 23.5. The van der Waals surface area contributed by atoms with Crippen LogP contribution in [0.3, 0.4) is 0 Å². The van der Waals surface area contributed by atoms with Crippen molar-refractivity contribution >= 4 is 18.1 Å². The molecule has 1 rings (SSSR count). The molecule has 1 heterocycles. The molecule has 0 aliphatic carbocycles. The first-order chi connectivity index (χ1) is 10.4. The number of nitrogens with zero attached hydrogens (tertiary/aromatic N) is 2. The maximum absolute atomic E-state index is 11.7. The minimum absolute atomic E-state index is 0.164. The predicted molar refractivity (Wildman–Crippen MR) is 72.6 cm³/mol. The number of ether oxygens (including phenoxy) is 2. The number of hydrogen-bond acceptors (Lipinski definition) is 5. The molecule has 0 spiro atoms. The third kappa shape index (κ3) is 5.13. The van der Waals surface area contributed by atoms with Crippen molar-refractivity contribution in [2.24, 2.45) is 6.98 Å². The van der Waals surface area contributed by atoms with Crippen LogP contribution >= 0.6 is 0 Å². The average molecular weight is 284 g/mol. The predicted octanol–water partition coefficient (Wildman–Crippen LogP) is 1.46. The quantitative estimate of drug-likeness (QED) is 0.671. The number of carbonyl (C=O) groups is 2. The summed E-state index contributed by atoms with van der Waals surface area (Å²) in [5.74, 6) is -0.820. The van der Waals surface area contributed by atoms with E-state index < -0.39 is 24.6 Å². The van der Waals surface area contributed by atoms with Crippen molar-refractivity contribution in [3.05, 3.63) is 23.7 Å². The van der Waals surface area contributed by atoms with Gasteiger partial charge in [0, 0.05) is 17.3 Å². The van der Waals surface area contributed by atoms with Crippen LogP contribution in [0, 0.1) is 0 Å². The number of nitrogens with one attached hydrogen (secondary N) is 1. The number of rotatable bonds is 3. The van der Waals surface area contributed by atoms with Crippen molar-refractivity contribution in [1.29, 1.82) is 0 Å². The summed E-state index contributed by atoms with van der Waals surface area (Å²) in [7, 11) is 1.15. The van der Waals surface area contributed by atoms with Gasteiger partial charge in [-0.05, 0) is 32.9 Å². The van der Waals surface area contributed by atoms with Gasteiger partial charge in [-0.25, -0.2) is 9.59 Å². The van der Waals surface area contributed by atoms with Gasteiger partial charge in [0.2, 0.25) is 0 Å². The van der Waals surface area contributed by atoms with Crippen LogP contribution in [0.5, 0.6) is 0 Å². The molecule has 0 atom stereocenters. The fraction of sp³-hybridized carbons (Fsp3) is 0.462. The average Bonchev–Trinajstić information content (AvgIpc) is 2.83. The molecule has 0 radical (unpaired) electrons. The maximum Gasteiger partial charge on any atom is 0.412 e. The molecule has 7 nitrogen and oxygen atoms in total. The monoisotopic (exact) mass is 284 g/mol. The molecule has 1 aromatic rings. The Labute approximate surface area is 121 Å². The van der Waals surface area contributed by atoms with Gasteiger partial charge in [0.25, 0.3) is 0 Å². The van der Waals surface area contributed by atoms with Crippen LogP contribution in [-0.4, -0.2) is 34.6 Å². The summed E-state index contributed by atoms with van der Waals surface area (Å²) in [5, 5.41) is 6.05. The van der Waals surface area contributed by atoms with E-state index in [9.17, 15) is 9.59 Å². The van der Waals surface area contributed by atoms with Gasteiger partial charge >= 0.3 is 12.1 Å². The number of alkyl carbamates (subject to hydrolysis) is 1. The molecule has 0 aliphatic rings. The zero-order valence-corrected chi connectivity index (χ0v) is 11.8. The second-order valence-corrected chi connectivity index (χ2v) is 4.86. The molecular formula is C13H19N3O4. The topological polar surface area (TPSA) is 82.5 Å². The van der Waals surface area contributed by atoms with Crippen molar-refractivity contribution in [2.45, 2.75) is 26.4 Å². The van der Waals surface area contributed by atoms with Gasteiger partial charge in [-0.1, -0.05) is 0 Å². The van der Waals surface area contributed by atoms with Crippen LogP contribution in [0.1, 0.15) is 30.6 Å². The molecule has 0 saturated carbocycles. The zero-order valence-electron chi connectivity index (χ0n) is 14.8. The standard InChI is InChI=1S/C13H19N3O4/c1-13(2,3)20-12(18)14-10(11(17)19-5)8-9-6-7-16(4)15-9/h6-8H,1-5H3,(H,14,18)/b10-8-/i4D3. The Hall–Kier alpha value is -2.31. The van der Waals surface area contributed by atoms with E-state index in [1.54, 1.807) is 20.8 Å². The summed E-state index contributed by atoms with van der Waals surface area (Å²) >= 11 is 0. The van der Waals surface area contributed by atoms with Gasteiger partial charge in [-0.3, -0.25) is 10.00 Å². The van der Waals surface area contributed by atoms with Gasteiger partial charge in [0.05, 0.1) is 12.8 Å². The zero-order chi connectivity index (χ0) is 17.8. The van der Waals surface area contributed by atoms with E-state index in [-0.39, 0.29) is 11.4 Å². The van der Waals surface area contributed by atoms with Gasteiger partial charge in [-0.2, -0.15) is 5.10 Å². The van der Waals surface area contributed by atoms with Crippen molar-refractivity contribution in [3.8, 4) is 0 Å². The first-order valence-corrected chi connectivity index (χ1v) is 5.78. The highest BCUT2D eigenvalue weighted by atomic mass is 16.6. The van der Waals surface area contributed by atoms with Gasteiger partial charge in [-0.15, -0.1) is 0 Å². The lowest BCUT2D eigenvalue weighted by Crippen LogP contribution is -2.34. The summed E-state index contributed by atoms with van der Waals surface area (Å²) in [6.07, 6.45) is 1.59. The smallest absolute Gasteiger partial charge is 0.412 e. The number of methoxy groups -OCH3 is 1. The van der Waals surface area contributed by atoms with Crippen LogP contribution in [-0.2, 0) is 21.2 Å². The maximum atomic E-state index is 11.7. The molecule has 7 heteroatoms. The van der Waals surface area contributed by atoms with Crippen LogP contribution in [0.15, 0.2) is 18.0 Å². The van der Waals surface area contributed by atoms with Crippen LogP contribution in [0.2, 0.25) is 0 Å². The highest BCUT2D eigenvalue weighted by Gasteiger charge is 2.20. The lowest BCUT2D eigenvalue weighted by atomic mass is 10.2. The number of aryl methyl sites for hydroxylation is 1. The molecule has 0 unspecified atom stereocenters. The molecule has 0 aliphatic heterocycles. The van der Waals surface area contributed by atoms with E-state index in [2.05, 4.69) is 15.2 Å². The van der Waals surface area contributed by atoms with Gasteiger partial charge < -0.3 is 9.47 Å². The summed E-state index contributed by atoms with van der Waals surface area (Å²) in [5.41, 5.74) is -0.802. The first-order valence-electron chi connectivity index (χ1n) is 7.28. The van der Waals surface area contributed by atoms with Crippen LogP contribution < -0.4 is 5.32 Å². The number of amides is 1. The minimum Gasteiger partial charge on any atom is -0.464 e. The molecule has 1 amide bonds. The lowest BCUT2D eigenvalue weighted by molar-refractivity contribution is -0.136. The van der Waals surface area contributed by atoms with Crippen molar-refractivity contribution in [2.75, 3.05) is 7.11 Å². The van der Waals surface area contributed by atoms with E-state index in [0.717, 1.165) is 11.8 Å². The Morgan fingerprint density at radius 3 is 2.70 bits per heavy atom. The molecule has 1 N–H and O–H groups in total. The minimum atomic E-state index is -2.43. The molecule has 110 valence electrons. The Kier molecular flexibility index (Phi) is 3.58. The van der Waals surface area contributed by atoms with Crippen LogP contribution in [0.4, 0.5) is 4.79 Å². The molecule has 0 bridgehead atoms. The summed E-state index contributed by atoms with van der Waals surface area (Å²) < 4.78 is 32.1. The van der Waals surface area contributed by atoms with E-state index in [4.69, 9.17) is 8.85 Å². The molecule has 1 aromatic heterocycles. The lowest BCUT2D eigenvalue weighted by Gasteiger charge is -2.19. The second-order valence-electron chi connectivity index (χ2n) is 4.86. The van der Waals surface area contributed by atoms with Crippen LogP contribution in [0.25, 0.3) is 6.08 Å². The van der Waals surface area contributed by atoms with Crippen molar-refractivity contribution in [3.63, 3.8) is 0 Å². The van der Waals surface area contributed by atoms with E-state index in [0.29, 0.717) is 0 Å². The Morgan fingerprint density at radius 2 is 2.20 bits per heavy atom. The molecule has 0 saturated heterocycles. The largest absolute Gasteiger partial charge is 0.464 e. The summed E-state index contributed by atoms with van der Waals surface area (Å²) in [6.45, 7) is 2.58. The van der Waals surface area contributed by atoms with E-state index in [1.807, 2.05) is 0 Å². The van der Waals surface area contributed by atoms with Gasteiger partial charge in [0.15, 0.2) is 0 Å². The first kappa shape index (κ1) is 11.5. The number of hydrogen-bond donors (Lipinski definition) is 1. The molecule has 20 heavy (non-hydrogen) atoms. The SMILES string of the molecule is [2H]C([2H])([2H])n1ccc(/C=C(\NC(=O)OC(C)(C)C)C(=O)OC)n1. The fourth-order valence-electron chi connectivity index (χ4n) is 1.23. The normalized spacial score (nSPS) is 14.8. The summed E-state index contributed by atoms with van der Waals surface area (Å²) in [6, 6.07) is 1.38. The highest BCUT2D eigenvalue weighted by molar-refractivity contribution is 5.96. The number of esters is 1. The Bertz CT molecular complexity index is 615. The van der Waals surface area contributed by atoms with E-state index >= 15 is 0 Å². The molecule has 0 aromatic carbocycles. The number of carbonyl (C=O) groups excluding carboxylic acids is 2. The van der Waals surface area contributed by atoms with Gasteiger partial charge in [0.1, 0.15) is 11.3 Å². The Balaban J connectivity index is 3.00. The second kappa shape index (κ2) is 6.23. The fourth-order valence-corrected chi connectivity index (χ4v) is 1.23. The number of aromatic nitrogens is 2. The van der Waals surface area contributed by atoms with Crippen molar-refractivity contribution < 1.29 is 23.2 Å². The third-order valence-electron chi connectivity index (χ3n) is 1.94. The third-order valence-corrected chi connectivity index (χ3v) is 1.94. The Morgan fingerprint density at radius 1 is 1.50 bits per heavy atom. The highest BCUT2D eigenvalue weighted by Crippen LogP contribution is 2.09.